The SMILES string of the molecule is CC(N)Oc1cn(-c2ccc(F)c(C#N)c2)c2ccccc12. The van der Waals surface area contributed by atoms with Gasteiger partial charge in [-0.25, -0.2) is 4.39 Å². The van der Waals surface area contributed by atoms with Crippen LogP contribution in [0.4, 0.5) is 4.39 Å². The molecule has 22 heavy (non-hydrogen) atoms. The lowest BCUT2D eigenvalue weighted by Crippen LogP contribution is -2.22. The summed E-state index contributed by atoms with van der Waals surface area (Å²) < 4.78 is 21.0. The van der Waals surface area contributed by atoms with Crippen molar-refractivity contribution in [3.05, 3.63) is 60.0 Å². The summed E-state index contributed by atoms with van der Waals surface area (Å²) in [6.45, 7) is 1.75. The predicted octanol–water partition coefficient (Wildman–Crippen LogP) is 3.32. The summed E-state index contributed by atoms with van der Waals surface area (Å²) in [4.78, 5) is 0. The summed E-state index contributed by atoms with van der Waals surface area (Å²) in [5.74, 6) is 0.114. The van der Waals surface area contributed by atoms with E-state index < -0.39 is 12.0 Å². The first-order valence-electron chi connectivity index (χ1n) is 6.82. The van der Waals surface area contributed by atoms with Gasteiger partial charge < -0.3 is 9.30 Å². The van der Waals surface area contributed by atoms with Crippen LogP contribution in [-0.4, -0.2) is 10.8 Å². The number of rotatable bonds is 3. The Kier molecular flexibility index (Phi) is 3.53. The lowest BCUT2D eigenvalue weighted by Gasteiger charge is -2.07. The number of fused-ring (bicyclic) bond motifs is 1. The molecule has 0 amide bonds. The average molecular weight is 295 g/mol. The number of nitrogens with two attached hydrogens (primary N) is 1. The Morgan fingerprint density at radius 3 is 2.77 bits per heavy atom. The van der Waals surface area contributed by atoms with E-state index in [1.54, 1.807) is 19.2 Å². The number of para-hydroxylation sites is 1. The number of aromatic nitrogens is 1. The van der Waals surface area contributed by atoms with Crippen molar-refractivity contribution >= 4 is 10.9 Å². The molecule has 5 heteroatoms. The van der Waals surface area contributed by atoms with Crippen LogP contribution in [0.3, 0.4) is 0 Å². The maximum atomic E-state index is 13.5. The maximum Gasteiger partial charge on any atom is 0.147 e. The van der Waals surface area contributed by atoms with Gasteiger partial charge in [0.2, 0.25) is 0 Å². The van der Waals surface area contributed by atoms with Gasteiger partial charge in [-0.3, -0.25) is 5.73 Å². The molecule has 0 bridgehead atoms. The van der Waals surface area contributed by atoms with E-state index in [0.717, 1.165) is 10.9 Å². The molecule has 0 aliphatic heterocycles. The van der Waals surface area contributed by atoms with E-state index in [9.17, 15) is 4.39 Å². The van der Waals surface area contributed by atoms with Crippen LogP contribution in [0.1, 0.15) is 12.5 Å². The molecule has 3 aromatic rings. The quantitative estimate of drug-likeness (QED) is 0.754. The molecule has 0 spiro atoms. The van der Waals surface area contributed by atoms with E-state index in [1.165, 1.54) is 12.1 Å². The van der Waals surface area contributed by atoms with Crippen molar-refractivity contribution < 1.29 is 9.13 Å². The lowest BCUT2D eigenvalue weighted by molar-refractivity contribution is 0.233. The molecule has 2 aromatic carbocycles. The van der Waals surface area contributed by atoms with Gasteiger partial charge in [-0.15, -0.1) is 0 Å². The summed E-state index contributed by atoms with van der Waals surface area (Å²) in [7, 11) is 0. The number of nitrogens with zero attached hydrogens (tertiary/aromatic N) is 2. The zero-order valence-electron chi connectivity index (χ0n) is 12.0. The summed E-state index contributed by atoms with van der Waals surface area (Å²) in [6.07, 6.45) is 1.35. The first kappa shape index (κ1) is 14.1. The first-order chi connectivity index (χ1) is 10.6. The number of halogens is 1. The van der Waals surface area contributed by atoms with Gasteiger partial charge in [-0.1, -0.05) is 12.1 Å². The summed E-state index contributed by atoms with van der Waals surface area (Å²) in [5, 5.41) is 9.89. The molecule has 0 aliphatic rings. The average Bonchev–Trinajstić information content (AvgIpc) is 2.86. The third kappa shape index (κ3) is 2.41. The fraction of sp³-hybridized carbons (Fsp3) is 0.118. The van der Waals surface area contributed by atoms with Gasteiger partial charge in [0.15, 0.2) is 0 Å². The number of nitriles is 1. The highest BCUT2D eigenvalue weighted by atomic mass is 19.1. The topological polar surface area (TPSA) is 64.0 Å². The second-order valence-corrected chi connectivity index (χ2v) is 4.98. The van der Waals surface area contributed by atoms with E-state index in [4.69, 9.17) is 15.7 Å². The summed E-state index contributed by atoms with van der Waals surface area (Å²) in [6, 6.07) is 13.9. The van der Waals surface area contributed by atoms with Gasteiger partial charge in [0.05, 0.1) is 17.3 Å². The molecular weight excluding hydrogens is 281 g/mol. The fourth-order valence-corrected chi connectivity index (χ4v) is 2.40. The van der Waals surface area contributed by atoms with Gasteiger partial charge in [-0.05, 0) is 37.3 Å². The molecule has 1 aromatic heterocycles. The summed E-state index contributed by atoms with van der Waals surface area (Å²) in [5.41, 5.74) is 7.29. The van der Waals surface area contributed by atoms with E-state index in [0.29, 0.717) is 11.4 Å². The highest BCUT2D eigenvalue weighted by Crippen LogP contribution is 2.31. The molecule has 4 nitrogen and oxygen atoms in total. The Hall–Kier alpha value is -2.84. The Labute approximate surface area is 127 Å². The van der Waals surface area contributed by atoms with E-state index in [2.05, 4.69) is 0 Å². The molecule has 0 fully saturated rings. The lowest BCUT2D eigenvalue weighted by atomic mass is 10.2. The highest BCUT2D eigenvalue weighted by molar-refractivity contribution is 5.88. The standard InChI is InChI=1S/C17H14FN3O/c1-11(20)22-17-10-21(16-5-3-2-4-14(16)17)13-6-7-15(18)12(8-13)9-19/h2-8,10-11H,20H2,1H3. The molecular formula is C17H14FN3O. The second kappa shape index (κ2) is 5.51. The zero-order valence-corrected chi connectivity index (χ0v) is 12.0. The first-order valence-corrected chi connectivity index (χ1v) is 6.82. The third-order valence-electron chi connectivity index (χ3n) is 3.34. The molecule has 1 atom stereocenters. The minimum absolute atomic E-state index is 0.00458. The summed E-state index contributed by atoms with van der Waals surface area (Å²) >= 11 is 0. The van der Waals surface area contributed by atoms with Gasteiger partial charge in [0.25, 0.3) is 0 Å². The van der Waals surface area contributed by atoms with Crippen molar-refractivity contribution in [2.45, 2.75) is 13.2 Å². The molecule has 1 unspecified atom stereocenters. The van der Waals surface area contributed by atoms with E-state index >= 15 is 0 Å². The molecule has 0 saturated carbocycles. The monoisotopic (exact) mass is 295 g/mol. The number of benzene rings is 2. The normalized spacial score (nSPS) is 12.1. The molecule has 1 heterocycles. The highest BCUT2D eigenvalue weighted by Gasteiger charge is 2.13. The number of hydrogen-bond donors (Lipinski definition) is 1. The van der Waals surface area contributed by atoms with Crippen LogP contribution in [-0.2, 0) is 0 Å². The van der Waals surface area contributed by atoms with Gasteiger partial charge >= 0.3 is 0 Å². The van der Waals surface area contributed by atoms with Crippen molar-refractivity contribution in [1.82, 2.24) is 4.57 Å². The number of ether oxygens (including phenoxy) is 1. The Bertz CT molecular complexity index is 877. The molecule has 2 N–H and O–H groups in total. The van der Waals surface area contributed by atoms with Crippen molar-refractivity contribution in [3.63, 3.8) is 0 Å². The van der Waals surface area contributed by atoms with Crippen molar-refractivity contribution in [2.24, 2.45) is 5.73 Å². The molecule has 3 rings (SSSR count). The maximum absolute atomic E-state index is 13.5. The van der Waals surface area contributed by atoms with Crippen LogP contribution in [0.2, 0.25) is 0 Å². The second-order valence-electron chi connectivity index (χ2n) is 4.98. The van der Waals surface area contributed by atoms with Crippen molar-refractivity contribution in [3.8, 4) is 17.5 Å². The van der Waals surface area contributed by atoms with Crippen molar-refractivity contribution in [1.29, 1.82) is 5.26 Å². The van der Waals surface area contributed by atoms with E-state index in [-0.39, 0.29) is 5.56 Å². The van der Waals surface area contributed by atoms with Crippen LogP contribution in [0.25, 0.3) is 16.6 Å². The van der Waals surface area contributed by atoms with Crippen LogP contribution in [0.5, 0.6) is 5.75 Å². The Balaban J connectivity index is 2.21. The van der Waals surface area contributed by atoms with Gasteiger partial charge in [-0.2, -0.15) is 5.26 Å². The minimum Gasteiger partial charge on any atom is -0.474 e. The largest absolute Gasteiger partial charge is 0.474 e. The van der Waals surface area contributed by atoms with Crippen LogP contribution >= 0.6 is 0 Å². The molecule has 0 saturated heterocycles. The van der Waals surface area contributed by atoms with Crippen molar-refractivity contribution in [2.75, 3.05) is 0 Å². The Morgan fingerprint density at radius 1 is 1.27 bits per heavy atom. The van der Waals surface area contributed by atoms with Gasteiger partial charge in [0.1, 0.15) is 23.9 Å². The minimum atomic E-state index is -0.533. The van der Waals surface area contributed by atoms with Gasteiger partial charge in [0, 0.05) is 11.1 Å². The molecule has 0 radical (unpaired) electrons. The van der Waals surface area contributed by atoms with Crippen LogP contribution in [0.15, 0.2) is 48.7 Å². The molecule has 110 valence electrons. The number of hydrogen-bond acceptors (Lipinski definition) is 3. The fourth-order valence-electron chi connectivity index (χ4n) is 2.40. The zero-order chi connectivity index (χ0) is 15.7. The smallest absolute Gasteiger partial charge is 0.147 e. The van der Waals surface area contributed by atoms with Crippen LogP contribution in [0, 0.1) is 17.1 Å². The third-order valence-corrected chi connectivity index (χ3v) is 3.34. The molecule has 0 aliphatic carbocycles. The Morgan fingerprint density at radius 2 is 2.05 bits per heavy atom. The van der Waals surface area contributed by atoms with E-state index in [1.807, 2.05) is 34.9 Å². The van der Waals surface area contributed by atoms with Crippen LogP contribution < -0.4 is 10.5 Å². The predicted molar refractivity (Wildman–Crippen MR) is 82.2 cm³/mol.